The molecule has 0 N–H and O–H groups in total. The molecule has 0 aromatic heterocycles. The zero-order valence-electron chi connectivity index (χ0n) is 46.7. The van der Waals surface area contributed by atoms with Crippen molar-refractivity contribution in [3.05, 3.63) is 346 Å². The van der Waals surface area contributed by atoms with E-state index in [9.17, 15) is 0 Å². The van der Waals surface area contributed by atoms with E-state index in [0.29, 0.717) is 0 Å². The molecule has 2 heterocycles. The average Bonchev–Trinajstić information content (AvgIpc) is 1.02. The van der Waals surface area contributed by atoms with Gasteiger partial charge >= 0.3 is 0 Å². The molecule has 0 aliphatic carbocycles. The van der Waals surface area contributed by atoms with Crippen LogP contribution >= 0.6 is 0 Å². The molecule has 7 heteroatoms. The van der Waals surface area contributed by atoms with E-state index in [0.717, 1.165) is 102 Å². The van der Waals surface area contributed by atoms with E-state index < -0.39 is 0 Å². The van der Waals surface area contributed by atoms with Gasteiger partial charge in [0.15, 0.2) is 0 Å². The van der Waals surface area contributed by atoms with Crippen molar-refractivity contribution in [1.82, 2.24) is 0 Å². The predicted octanol–water partition coefficient (Wildman–Crippen LogP) is 19.6. The van der Waals surface area contributed by atoms with E-state index in [1.165, 1.54) is 16.4 Å². The van der Waals surface area contributed by atoms with Crippen LogP contribution in [0.4, 0.5) is 102 Å². The van der Waals surface area contributed by atoms with E-state index in [1.807, 2.05) is 0 Å². The lowest BCUT2D eigenvalue weighted by Crippen LogP contribution is -2.61. The molecule has 0 saturated heterocycles. The zero-order chi connectivity index (χ0) is 56.5. The maximum absolute atomic E-state index is 2.51. The van der Waals surface area contributed by atoms with Gasteiger partial charge in [0.25, 0.3) is 6.71 Å². The Morgan fingerprint density at radius 2 is 0.412 bits per heavy atom. The Balaban J connectivity index is 0.951. The minimum Gasteiger partial charge on any atom is -0.311 e. The van der Waals surface area contributed by atoms with Gasteiger partial charge in [0.1, 0.15) is 0 Å². The smallest absolute Gasteiger partial charge is 0.252 e. The number of nitrogens with zero attached hydrogens (tertiary/aromatic N) is 6. The van der Waals surface area contributed by atoms with Crippen LogP contribution in [0, 0.1) is 0 Å². The van der Waals surface area contributed by atoms with Gasteiger partial charge in [-0.2, -0.15) is 0 Å². The summed E-state index contributed by atoms with van der Waals surface area (Å²) in [4.78, 5) is 14.4. The summed E-state index contributed by atoms with van der Waals surface area (Å²) in [5, 5.41) is 0. The minimum absolute atomic E-state index is 0.132. The van der Waals surface area contributed by atoms with Gasteiger partial charge in [-0.1, -0.05) is 164 Å². The van der Waals surface area contributed by atoms with Crippen molar-refractivity contribution in [2.75, 3.05) is 29.4 Å². The molecule has 2 aliphatic heterocycles. The van der Waals surface area contributed by atoms with Gasteiger partial charge in [0.2, 0.25) is 0 Å². The summed E-state index contributed by atoms with van der Waals surface area (Å²) < 4.78 is 0. The van der Waals surface area contributed by atoms with Crippen molar-refractivity contribution >= 4 is 125 Å². The van der Waals surface area contributed by atoms with Gasteiger partial charge in [0.05, 0.1) is 0 Å². The molecular weight excluding hydrogens is 1030 g/mol. The average molecular weight is 1090 g/mol. The van der Waals surface area contributed by atoms with Gasteiger partial charge in [-0.15, -0.1) is 0 Å². The Hall–Kier alpha value is -11.3. The quantitative estimate of drug-likeness (QED) is 0.100. The maximum atomic E-state index is 2.51. The van der Waals surface area contributed by atoms with Crippen molar-refractivity contribution < 1.29 is 0 Å². The van der Waals surface area contributed by atoms with Crippen molar-refractivity contribution in [2.45, 2.75) is 0 Å². The summed E-state index contributed by atoms with van der Waals surface area (Å²) >= 11 is 0. The molecule has 0 radical (unpaired) electrons. The molecule has 0 bridgehead atoms. The molecular formula is C78H57BN6. The highest BCUT2D eigenvalue weighted by molar-refractivity contribution is 7.00. The highest BCUT2D eigenvalue weighted by Crippen LogP contribution is 2.49. The van der Waals surface area contributed by atoms with E-state index in [-0.39, 0.29) is 6.71 Å². The highest BCUT2D eigenvalue weighted by Gasteiger charge is 2.44. The second-order valence-electron chi connectivity index (χ2n) is 21.4. The van der Waals surface area contributed by atoms with Crippen molar-refractivity contribution in [2.24, 2.45) is 0 Å². The van der Waals surface area contributed by atoms with Gasteiger partial charge < -0.3 is 29.4 Å². The van der Waals surface area contributed by atoms with Crippen LogP contribution in [0.3, 0.4) is 0 Å². The van der Waals surface area contributed by atoms with Crippen molar-refractivity contribution in [1.29, 1.82) is 0 Å². The molecule has 402 valence electrons. The Bertz CT molecular complexity index is 3970. The number of rotatable bonds is 14. The molecule has 2 aliphatic rings. The summed E-state index contributed by atoms with van der Waals surface area (Å²) in [5.74, 6) is 0. The Morgan fingerprint density at radius 3 is 0.671 bits per heavy atom. The summed E-state index contributed by atoms with van der Waals surface area (Å²) in [6.07, 6.45) is 0. The third-order valence-corrected chi connectivity index (χ3v) is 16.3. The summed E-state index contributed by atoms with van der Waals surface area (Å²) in [6.45, 7) is -0.132. The molecule has 0 amide bonds. The van der Waals surface area contributed by atoms with Gasteiger partial charge in [0, 0.05) is 102 Å². The van der Waals surface area contributed by atoms with E-state index in [1.54, 1.807) is 0 Å². The topological polar surface area (TPSA) is 19.4 Å². The molecule has 0 spiro atoms. The number of para-hydroxylation sites is 8. The lowest BCUT2D eigenvalue weighted by Gasteiger charge is -2.44. The summed E-state index contributed by atoms with van der Waals surface area (Å²) in [6, 6.07) is 125. The second-order valence-corrected chi connectivity index (χ2v) is 21.4. The van der Waals surface area contributed by atoms with Crippen LogP contribution < -0.4 is 45.8 Å². The first-order valence-electron chi connectivity index (χ1n) is 29.0. The molecule has 0 unspecified atom stereocenters. The summed E-state index contributed by atoms with van der Waals surface area (Å²) in [5.41, 5.74) is 23.2. The molecule has 6 nitrogen and oxygen atoms in total. The van der Waals surface area contributed by atoms with Crippen LogP contribution in [0.5, 0.6) is 0 Å². The fourth-order valence-corrected chi connectivity index (χ4v) is 12.6. The lowest BCUT2D eigenvalue weighted by molar-refractivity contribution is 1.22. The molecule has 15 rings (SSSR count). The highest BCUT2D eigenvalue weighted by atomic mass is 15.2. The van der Waals surface area contributed by atoms with Crippen LogP contribution in [0.15, 0.2) is 346 Å². The maximum Gasteiger partial charge on any atom is 0.252 e. The zero-order valence-corrected chi connectivity index (χ0v) is 46.7. The fraction of sp³-hybridized carbons (Fsp3) is 0. The van der Waals surface area contributed by atoms with Crippen LogP contribution in [0.1, 0.15) is 0 Å². The Kier molecular flexibility index (Phi) is 13.3. The van der Waals surface area contributed by atoms with Gasteiger partial charge in [-0.3, -0.25) is 0 Å². The normalized spacial score (nSPS) is 11.9. The standard InChI is InChI=1S/C78H57BN6/c1-9-26-58(27-10-1)80(59-28-11-2-12-29-59)66-44-48-68(49-45-66)84-74-42-25-43-75-78(74)79(72-54-52-70(56-76(72)84)82(62-34-17-5-18-35-62)63-36-19-6-20-37-63)73-55-53-71(83(64-38-21-7-22-39-64)65-40-23-8-24-41-65)57-77(73)85(75)69-50-46-67(47-51-69)81(60-30-13-3-14-31-60)61-32-15-4-16-33-61/h1-57H. The predicted molar refractivity (Wildman–Crippen MR) is 359 cm³/mol. The van der Waals surface area contributed by atoms with Gasteiger partial charge in [-0.25, -0.2) is 0 Å². The SMILES string of the molecule is c1ccc(N(c2ccccc2)c2ccc(N3c4cc(N(c5ccccc5)c5ccccc5)ccc4B4c5ccc(N(c6ccccc6)c6ccccc6)cc5N(c5ccc(N(c6ccccc6)c6ccccc6)cc5)c5cccc3c54)cc2)cc1. The number of benzene rings is 13. The third kappa shape index (κ3) is 9.40. The lowest BCUT2D eigenvalue weighted by atomic mass is 9.33. The van der Waals surface area contributed by atoms with Gasteiger partial charge in [-0.05, 0) is 198 Å². The Labute approximate surface area is 497 Å². The molecule has 85 heavy (non-hydrogen) atoms. The summed E-state index contributed by atoms with van der Waals surface area (Å²) in [7, 11) is 0. The van der Waals surface area contributed by atoms with Crippen LogP contribution in [0.25, 0.3) is 0 Å². The number of anilines is 18. The van der Waals surface area contributed by atoms with Crippen LogP contribution in [0.2, 0.25) is 0 Å². The molecule has 0 atom stereocenters. The third-order valence-electron chi connectivity index (χ3n) is 16.3. The number of hydrogen-bond acceptors (Lipinski definition) is 6. The monoisotopic (exact) mass is 1090 g/mol. The molecule has 0 saturated carbocycles. The molecule has 0 fully saturated rings. The number of fused-ring (bicyclic) bond motifs is 4. The first-order valence-corrected chi connectivity index (χ1v) is 29.0. The number of hydrogen-bond donors (Lipinski definition) is 0. The largest absolute Gasteiger partial charge is 0.311 e. The Morgan fingerprint density at radius 1 is 0.188 bits per heavy atom. The van der Waals surface area contributed by atoms with Crippen molar-refractivity contribution in [3.8, 4) is 0 Å². The van der Waals surface area contributed by atoms with Crippen LogP contribution in [-0.2, 0) is 0 Å². The van der Waals surface area contributed by atoms with E-state index in [4.69, 9.17) is 0 Å². The van der Waals surface area contributed by atoms with E-state index in [2.05, 4.69) is 375 Å². The van der Waals surface area contributed by atoms with Crippen molar-refractivity contribution in [3.63, 3.8) is 0 Å². The fourth-order valence-electron chi connectivity index (χ4n) is 12.6. The molecule has 13 aromatic carbocycles. The second kappa shape index (κ2) is 22.2. The van der Waals surface area contributed by atoms with Crippen LogP contribution in [-0.4, -0.2) is 6.71 Å². The first kappa shape index (κ1) is 50.7. The minimum atomic E-state index is -0.132. The molecule has 13 aromatic rings. The first-order chi connectivity index (χ1) is 42.2. The van der Waals surface area contributed by atoms with E-state index >= 15 is 0 Å².